The highest BCUT2D eigenvalue weighted by atomic mass is 35.5. The fourth-order valence-corrected chi connectivity index (χ4v) is 4.81. The van der Waals surface area contributed by atoms with Gasteiger partial charge in [-0.25, -0.2) is 4.39 Å². The van der Waals surface area contributed by atoms with Crippen LogP contribution in [0.2, 0.25) is 10.0 Å². The van der Waals surface area contributed by atoms with E-state index in [1.807, 2.05) is 0 Å². The summed E-state index contributed by atoms with van der Waals surface area (Å²) in [5.74, 6) is -0.721. The number of hydrogen-bond donors (Lipinski definition) is 1. The van der Waals surface area contributed by atoms with Crippen LogP contribution in [-0.2, 0) is 11.4 Å². The molecule has 0 radical (unpaired) electrons. The summed E-state index contributed by atoms with van der Waals surface area (Å²) in [7, 11) is 1.47. The second kappa shape index (κ2) is 11.3. The third kappa shape index (κ3) is 5.82. The molecule has 3 aromatic carbocycles. The number of methoxy groups -OCH3 is 1. The molecule has 1 saturated heterocycles. The van der Waals surface area contributed by atoms with Crippen molar-refractivity contribution >= 4 is 69.4 Å². The third-order valence-corrected chi connectivity index (χ3v) is 6.90. The Morgan fingerprint density at radius 2 is 1.92 bits per heavy atom. The maximum Gasteiger partial charge on any atom is 0.285 e. The van der Waals surface area contributed by atoms with Crippen LogP contribution < -0.4 is 14.9 Å². The monoisotopic (exact) mass is 562 g/mol. The minimum atomic E-state index is -0.520. The third-order valence-electron chi connectivity index (χ3n) is 5.01. The number of carbonyl (C=O) groups excluding carboxylic acids is 2. The number of carbonyl (C=O) groups is 2. The van der Waals surface area contributed by atoms with E-state index in [0.717, 1.165) is 16.8 Å². The molecule has 1 fully saturated rings. The van der Waals surface area contributed by atoms with Crippen LogP contribution in [-0.4, -0.2) is 28.3 Å². The zero-order valence-electron chi connectivity index (χ0n) is 18.6. The predicted octanol–water partition coefficient (Wildman–Crippen LogP) is 6.27. The predicted molar refractivity (Wildman–Crippen MR) is 143 cm³/mol. The molecule has 3 aromatic rings. The van der Waals surface area contributed by atoms with E-state index in [9.17, 15) is 14.0 Å². The lowest BCUT2D eigenvalue weighted by Gasteiger charge is -2.15. The van der Waals surface area contributed by atoms with Crippen LogP contribution in [0.25, 0.3) is 6.08 Å². The van der Waals surface area contributed by atoms with Crippen molar-refractivity contribution in [1.82, 2.24) is 10.4 Å². The molecule has 1 aliphatic rings. The van der Waals surface area contributed by atoms with E-state index < -0.39 is 17.6 Å². The van der Waals surface area contributed by atoms with Crippen LogP contribution >= 0.6 is 47.2 Å². The SMILES string of the molecule is COc1cc(/C=C2/SC(=S)N(NC(=O)c3cccc(Cl)c3)C2=O)ccc1OCc1c(F)cccc1Cl. The standard InChI is InChI=1S/C25H17Cl2FN2O4S2/c1-33-21-10-14(8-9-20(21)34-13-17-18(27)6-3-7-19(17)28)11-22-24(32)30(25(35)36-22)29-23(31)15-4-2-5-16(26)12-15/h2-12H,13H2,1H3,(H,29,31)/b22-11+. The van der Waals surface area contributed by atoms with Gasteiger partial charge in [-0.3, -0.25) is 15.0 Å². The number of halogens is 3. The number of hydrogen-bond acceptors (Lipinski definition) is 6. The zero-order valence-corrected chi connectivity index (χ0v) is 21.7. The Kier molecular flexibility index (Phi) is 8.15. The quantitative estimate of drug-likeness (QED) is 0.270. The highest BCUT2D eigenvalue weighted by Crippen LogP contribution is 2.35. The van der Waals surface area contributed by atoms with Gasteiger partial charge in [0.05, 0.1) is 17.0 Å². The lowest BCUT2D eigenvalue weighted by molar-refractivity contribution is -0.123. The number of nitrogens with one attached hydrogen (secondary N) is 1. The normalized spacial score (nSPS) is 14.3. The van der Waals surface area contributed by atoms with Gasteiger partial charge in [0.1, 0.15) is 12.4 Å². The average Bonchev–Trinajstić information content (AvgIpc) is 3.11. The molecule has 0 spiro atoms. The first-order chi connectivity index (χ1) is 17.3. The van der Waals surface area contributed by atoms with Crippen LogP contribution in [0.4, 0.5) is 4.39 Å². The largest absolute Gasteiger partial charge is 0.493 e. The maximum atomic E-state index is 14.0. The highest BCUT2D eigenvalue weighted by molar-refractivity contribution is 8.26. The van der Waals surface area contributed by atoms with E-state index >= 15 is 0 Å². The number of amides is 2. The molecule has 0 saturated carbocycles. The molecule has 0 unspecified atom stereocenters. The van der Waals surface area contributed by atoms with Gasteiger partial charge in [0.25, 0.3) is 11.8 Å². The Balaban J connectivity index is 1.48. The van der Waals surface area contributed by atoms with Crippen LogP contribution in [0.1, 0.15) is 21.5 Å². The number of ether oxygens (including phenoxy) is 2. The Labute approximate surface area is 225 Å². The number of nitrogens with zero attached hydrogens (tertiary/aromatic N) is 1. The maximum absolute atomic E-state index is 14.0. The second-order valence-corrected chi connectivity index (χ2v) is 9.89. The Bertz CT molecular complexity index is 1380. The average molecular weight is 563 g/mol. The van der Waals surface area contributed by atoms with Crippen molar-refractivity contribution in [3.8, 4) is 11.5 Å². The number of thiocarbonyl (C=S) groups is 1. The van der Waals surface area contributed by atoms with Gasteiger partial charge >= 0.3 is 0 Å². The molecule has 0 aliphatic carbocycles. The van der Waals surface area contributed by atoms with Gasteiger partial charge in [-0.2, -0.15) is 5.01 Å². The van der Waals surface area contributed by atoms with E-state index in [4.69, 9.17) is 44.9 Å². The molecule has 4 rings (SSSR count). The highest BCUT2D eigenvalue weighted by Gasteiger charge is 2.34. The van der Waals surface area contributed by atoms with E-state index in [1.54, 1.807) is 48.5 Å². The molecule has 1 aliphatic heterocycles. The topological polar surface area (TPSA) is 67.9 Å². The summed E-state index contributed by atoms with van der Waals surface area (Å²) >= 11 is 18.3. The summed E-state index contributed by atoms with van der Waals surface area (Å²) < 4.78 is 25.3. The minimum Gasteiger partial charge on any atom is -0.493 e. The van der Waals surface area contributed by atoms with Gasteiger partial charge in [0.15, 0.2) is 15.8 Å². The first-order valence-electron chi connectivity index (χ1n) is 10.3. The fourth-order valence-electron chi connectivity index (χ4n) is 3.22. The molecular weight excluding hydrogens is 546 g/mol. The Morgan fingerprint density at radius 1 is 1.14 bits per heavy atom. The molecule has 1 N–H and O–H groups in total. The van der Waals surface area contributed by atoms with E-state index in [0.29, 0.717) is 27.0 Å². The van der Waals surface area contributed by atoms with Crippen LogP contribution in [0, 0.1) is 5.82 Å². The molecule has 184 valence electrons. The lowest BCUT2D eigenvalue weighted by atomic mass is 10.1. The first kappa shape index (κ1) is 26.0. The second-order valence-electron chi connectivity index (χ2n) is 7.37. The van der Waals surface area contributed by atoms with E-state index in [2.05, 4.69) is 5.43 Å². The van der Waals surface area contributed by atoms with Gasteiger partial charge in [0.2, 0.25) is 0 Å². The molecule has 0 atom stereocenters. The molecule has 6 nitrogen and oxygen atoms in total. The van der Waals surface area contributed by atoms with Gasteiger partial charge in [-0.1, -0.05) is 53.2 Å². The van der Waals surface area contributed by atoms with Crippen LogP contribution in [0.15, 0.2) is 65.6 Å². The van der Waals surface area contributed by atoms with Crippen molar-refractivity contribution in [2.45, 2.75) is 6.61 Å². The molecule has 36 heavy (non-hydrogen) atoms. The minimum absolute atomic E-state index is 0.0911. The van der Waals surface area contributed by atoms with Crippen molar-refractivity contribution in [3.63, 3.8) is 0 Å². The summed E-state index contributed by atoms with van der Waals surface area (Å²) in [5.41, 5.74) is 3.66. The van der Waals surface area contributed by atoms with E-state index in [-0.39, 0.29) is 27.1 Å². The Hall–Kier alpha value is -3.11. The summed E-state index contributed by atoms with van der Waals surface area (Å²) in [4.78, 5) is 25.7. The zero-order chi connectivity index (χ0) is 25.8. The van der Waals surface area contributed by atoms with Gasteiger partial charge in [-0.05, 0) is 66.3 Å². The summed E-state index contributed by atoms with van der Waals surface area (Å²) in [6.07, 6.45) is 1.62. The van der Waals surface area contributed by atoms with E-state index in [1.165, 1.54) is 25.3 Å². The van der Waals surface area contributed by atoms with Crippen LogP contribution in [0.3, 0.4) is 0 Å². The smallest absolute Gasteiger partial charge is 0.285 e. The number of rotatable bonds is 7. The van der Waals surface area contributed by atoms with Crippen molar-refractivity contribution in [3.05, 3.63) is 98.1 Å². The number of hydrazine groups is 1. The van der Waals surface area contributed by atoms with Crippen molar-refractivity contribution in [2.75, 3.05) is 7.11 Å². The summed E-state index contributed by atoms with van der Waals surface area (Å²) in [5, 5.41) is 1.67. The Morgan fingerprint density at radius 3 is 2.64 bits per heavy atom. The van der Waals surface area contributed by atoms with Gasteiger partial charge < -0.3 is 9.47 Å². The molecule has 0 aromatic heterocycles. The summed E-state index contributed by atoms with van der Waals surface area (Å²) in [6.45, 7) is -0.0911. The van der Waals surface area contributed by atoms with Gasteiger partial charge in [-0.15, -0.1) is 0 Å². The van der Waals surface area contributed by atoms with Gasteiger partial charge in [0, 0.05) is 16.1 Å². The van der Waals surface area contributed by atoms with Crippen molar-refractivity contribution in [2.24, 2.45) is 0 Å². The fraction of sp³-hybridized carbons (Fsp3) is 0.0800. The lowest BCUT2D eigenvalue weighted by Crippen LogP contribution is -2.44. The van der Waals surface area contributed by atoms with Crippen molar-refractivity contribution < 1.29 is 23.5 Å². The number of benzene rings is 3. The van der Waals surface area contributed by atoms with Crippen molar-refractivity contribution in [1.29, 1.82) is 0 Å². The summed E-state index contributed by atoms with van der Waals surface area (Å²) in [6, 6.07) is 15.7. The molecule has 2 amide bonds. The first-order valence-corrected chi connectivity index (χ1v) is 12.3. The molecular formula is C25H17Cl2FN2O4S2. The number of thioether (sulfide) groups is 1. The molecule has 1 heterocycles. The molecule has 11 heteroatoms. The van der Waals surface area contributed by atoms with Crippen LogP contribution in [0.5, 0.6) is 11.5 Å². The molecule has 0 bridgehead atoms.